The smallest absolute Gasteiger partial charge is 0.139 e. The number of hydrogen-bond acceptors (Lipinski definition) is 2. The van der Waals surface area contributed by atoms with Gasteiger partial charge in [0.2, 0.25) is 0 Å². The average Bonchev–Trinajstić information content (AvgIpc) is 2.73. The van der Waals surface area contributed by atoms with Crippen LogP contribution < -0.4 is 5.32 Å². The van der Waals surface area contributed by atoms with Gasteiger partial charge in [-0.3, -0.25) is 0 Å². The fourth-order valence-corrected chi connectivity index (χ4v) is 1.67. The van der Waals surface area contributed by atoms with Crippen LogP contribution in [0.1, 0.15) is 18.9 Å². The van der Waals surface area contributed by atoms with Crippen LogP contribution >= 0.6 is 0 Å². The molecule has 0 aliphatic heterocycles. The number of allylic oxidation sites excluding steroid dienone is 1. The third kappa shape index (κ3) is 1.73. The van der Waals surface area contributed by atoms with Crippen molar-refractivity contribution in [2.45, 2.75) is 13.3 Å². The van der Waals surface area contributed by atoms with Gasteiger partial charge in [0.15, 0.2) is 0 Å². The van der Waals surface area contributed by atoms with E-state index in [0.717, 1.165) is 28.7 Å². The lowest BCUT2D eigenvalue weighted by Gasteiger charge is -2.06. The number of fused-ring (bicyclic) bond motifs is 1. The Morgan fingerprint density at radius 2 is 2.40 bits per heavy atom. The number of nitrogens with zero attached hydrogens (tertiary/aromatic N) is 1. The standard InChI is InChI=1S/C12H15N3/c1-3-4-5-9-8-15-12-10(6-7-14-12)11(9)13-2/h4-8H,3H2,1-2H3,(H2,13,14,15)/b5-4+. The van der Waals surface area contributed by atoms with Crippen LogP contribution in [0.15, 0.2) is 24.5 Å². The van der Waals surface area contributed by atoms with Crippen LogP contribution in [0.25, 0.3) is 17.1 Å². The Kier molecular flexibility index (Phi) is 2.72. The molecule has 2 heterocycles. The van der Waals surface area contributed by atoms with Crippen LogP contribution in [0.5, 0.6) is 0 Å². The van der Waals surface area contributed by atoms with E-state index < -0.39 is 0 Å². The van der Waals surface area contributed by atoms with E-state index in [-0.39, 0.29) is 0 Å². The summed E-state index contributed by atoms with van der Waals surface area (Å²) in [6.45, 7) is 2.12. The second-order valence-electron chi connectivity index (χ2n) is 3.39. The van der Waals surface area contributed by atoms with Crippen LogP contribution in [0.2, 0.25) is 0 Å². The van der Waals surface area contributed by atoms with Crippen LogP contribution in [-0.4, -0.2) is 17.0 Å². The van der Waals surface area contributed by atoms with Gasteiger partial charge in [0.25, 0.3) is 0 Å². The Balaban J connectivity index is 2.58. The number of hydrogen-bond donors (Lipinski definition) is 2. The zero-order valence-corrected chi connectivity index (χ0v) is 9.04. The first-order valence-electron chi connectivity index (χ1n) is 5.17. The van der Waals surface area contributed by atoms with Gasteiger partial charge in [-0.05, 0) is 12.5 Å². The minimum Gasteiger partial charge on any atom is -0.387 e. The summed E-state index contributed by atoms with van der Waals surface area (Å²) < 4.78 is 0. The predicted molar refractivity (Wildman–Crippen MR) is 65.0 cm³/mol. The highest BCUT2D eigenvalue weighted by molar-refractivity contribution is 5.93. The summed E-state index contributed by atoms with van der Waals surface area (Å²) in [5, 5.41) is 4.36. The van der Waals surface area contributed by atoms with Gasteiger partial charge >= 0.3 is 0 Å². The molecule has 0 bridgehead atoms. The van der Waals surface area contributed by atoms with Gasteiger partial charge in [-0.2, -0.15) is 0 Å². The molecule has 15 heavy (non-hydrogen) atoms. The maximum atomic E-state index is 4.36. The maximum absolute atomic E-state index is 4.36. The Hall–Kier alpha value is -1.77. The van der Waals surface area contributed by atoms with Crippen molar-refractivity contribution < 1.29 is 0 Å². The number of aromatic nitrogens is 2. The van der Waals surface area contributed by atoms with E-state index in [9.17, 15) is 0 Å². The second-order valence-corrected chi connectivity index (χ2v) is 3.39. The van der Waals surface area contributed by atoms with Crippen molar-refractivity contribution in [3.63, 3.8) is 0 Å². The Labute approximate surface area is 89.2 Å². The molecule has 0 fully saturated rings. The molecule has 0 atom stereocenters. The number of pyridine rings is 1. The molecule has 3 heteroatoms. The fourth-order valence-electron chi connectivity index (χ4n) is 1.67. The maximum Gasteiger partial charge on any atom is 0.139 e. The molecule has 0 amide bonds. The molecule has 0 aromatic carbocycles. The fraction of sp³-hybridized carbons (Fsp3) is 0.250. The summed E-state index contributed by atoms with van der Waals surface area (Å²) in [5.41, 5.74) is 3.19. The van der Waals surface area contributed by atoms with Crippen molar-refractivity contribution in [3.05, 3.63) is 30.1 Å². The van der Waals surface area contributed by atoms with E-state index in [1.54, 1.807) is 0 Å². The number of H-pyrrole nitrogens is 1. The molecular formula is C12H15N3. The summed E-state index contributed by atoms with van der Waals surface area (Å²) in [4.78, 5) is 7.46. The summed E-state index contributed by atoms with van der Waals surface area (Å²) in [6, 6.07) is 2.04. The quantitative estimate of drug-likeness (QED) is 0.801. The van der Waals surface area contributed by atoms with E-state index in [4.69, 9.17) is 0 Å². The van der Waals surface area contributed by atoms with Crippen LogP contribution in [-0.2, 0) is 0 Å². The number of rotatable bonds is 3. The zero-order valence-electron chi connectivity index (χ0n) is 9.04. The largest absolute Gasteiger partial charge is 0.387 e. The Bertz CT molecular complexity index is 483. The topological polar surface area (TPSA) is 40.7 Å². The van der Waals surface area contributed by atoms with Gasteiger partial charge in [-0.15, -0.1) is 0 Å². The van der Waals surface area contributed by atoms with Gasteiger partial charge in [0.05, 0.1) is 5.69 Å². The van der Waals surface area contributed by atoms with E-state index in [1.165, 1.54) is 0 Å². The van der Waals surface area contributed by atoms with E-state index in [2.05, 4.69) is 34.4 Å². The molecular weight excluding hydrogens is 186 g/mol. The molecule has 0 aliphatic rings. The molecule has 2 aromatic rings. The highest BCUT2D eigenvalue weighted by Crippen LogP contribution is 2.25. The minimum atomic E-state index is 0.924. The van der Waals surface area contributed by atoms with Crippen LogP contribution in [0.3, 0.4) is 0 Å². The highest BCUT2D eigenvalue weighted by atomic mass is 14.9. The number of aromatic amines is 1. The molecule has 0 aliphatic carbocycles. The summed E-state index contributed by atoms with van der Waals surface area (Å²) >= 11 is 0. The molecule has 78 valence electrons. The first kappa shape index (κ1) is 9.77. The van der Waals surface area contributed by atoms with Gasteiger partial charge in [-0.1, -0.05) is 19.1 Å². The molecule has 0 spiro atoms. The zero-order chi connectivity index (χ0) is 10.7. The molecule has 2 aromatic heterocycles. The molecule has 0 saturated heterocycles. The van der Waals surface area contributed by atoms with Gasteiger partial charge in [0, 0.05) is 30.4 Å². The second kappa shape index (κ2) is 4.17. The van der Waals surface area contributed by atoms with Gasteiger partial charge in [-0.25, -0.2) is 4.98 Å². The predicted octanol–water partition coefficient (Wildman–Crippen LogP) is 3.03. The minimum absolute atomic E-state index is 0.924. The van der Waals surface area contributed by atoms with Crippen molar-refractivity contribution in [1.29, 1.82) is 0 Å². The van der Waals surface area contributed by atoms with E-state index >= 15 is 0 Å². The van der Waals surface area contributed by atoms with Crippen LogP contribution in [0, 0.1) is 0 Å². The molecule has 2 N–H and O–H groups in total. The third-order valence-corrected chi connectivity index (χ3v) is 2.40. The lowest BCUT2D eigenvalue weighted by Crippen LogP contribution is -1.93. The van der Waals surface area contributed by atoms with Crippen molar-refractivity contribution in [1.82, 2.24) is 9.97 Å². The SMILES string of the molecule is CC/C=C/c1cnc2[nH]ccc2c1NC. The first-order chi connectivity index (χ1) is 7.36. The molecule has 0 radical (unpaired) electrons. The van der Waals surface area contributed by atoms with Crippen LogP contribution in [0.4, 0.5) is 5.69 Å². The third-order valence-electron chi connectivity index (χ3n) is 2.40. The molecule has 0 saturated carbocycles. The van der Waals surface area contributed by atoms with E-state index in [0.29, 0.717) is 0 Å². The average molecular weight is 201 g/mol. The molecule has 3 nitrogen and oxygen atoms in total. The molecule has 0 unspecified atom stereocenters. The highest BCUT2D eigenvalue weighted by Gasteiger charge is 2.05. The summed E-state index contributed by atoms with van der Waals surface area (Å²) in [6.07, 6.45) is 9.07. The summed E-state index contributed by atoms with van der Waals surface area (Å²) in [7, 11) is 1.94. The van der Waals surface area contributed by atoms with Crippen molar-refractivity contribution in [2.75, 3.05) is 12.4 Å². The van der Waals surface area contributed by atoms with Crippen molar-refractivity contribution >= 4 is 22.8 Å². The Morgan fingerprint density at radius 3 is 3.13 bits per heavy atom. The van der Waals surface area contributed by atoms with Gasteiger partial charge < -0.3 is 10.3 Å². The van der Waals surface area contributed by atoms with Crippen molar-refractivity contribution in [3.8, 4) is 0 Å². The lowest BCUT2D eigenvalue weighted by atomic mass is 10.1. The number of nitrogens with one attached hydrogen (secondary N) is 2. The number of anilines is 1. The lowest BCUT2D eigenvalue weighted by molar-refractivity contribution is 1.23. The first-order valence-corrected chi connectivity index (χ1v) is 5.17. The Morgan fingerprint density at radius 1 is 1.53 bits per heavy atom. The van der Waals surface area contributed by atoms with Crippen molar-refractivity contribution in [2.24, 2.45) is 0 Å². The van der Waals surface area contributed by atoms with E-state index in [1.807, 2.05) is 25.5 Å². The summed E-state index contributed by atoms with van der Waals surface area (Å²) in [5.74, 6) is 0. The normalized spacial score (nSPS) is 11.3. The molecule has 2 rings (SSSR count). The monoisotopic (exact) mass is 201 g/mol. The van der Waals surface area contributed by atoms with Gasteiger partial charge in [0.1, 0.15) is 5.65 Å².